The fourth-order valence-corrected chi connectivity index (χ4v) is 29.7. The Hall–Kier alpha value is -0.187. The van der Waals surface area contributed by atoms with Gasteiger partial charge >= 0.3 is 137 Å². The summed E-state index contributed by atoms with van der Waals surface area (Å²) in [5.41, 5.74) is 0. The van der Waals surface area contributed by atoms with Crippen molar-refractivity contribution in [2.45, 2.75) is 29.6 Å². The molecular weight excluding hydrogens is 457 g/mol. The first kappa shape index (κ1) is 23.9. The Morgan fingerprint density at radius 3 is 1.38 bits per heavy atom. The quantitative estimate of drug-likeness (QED) is 0.399. The molecule has 1 unspecified atom stereocenters. The molecule has 0 bridgehead atoms. The molecule has 1 aliphatic rings. The third-order valence-electron chi connectivity index (χ3n) is 8.23. The van der Waals surface area contributed by atoms with Crippen LogP contribution in [-0.4, -0.2) is 0 Å². The van der Waals surface area contributed by atoms with Crippen LogP contribution in [0.5, 0.6) is 0 Å². The van der Waals surface area contributed by atoms with Gasteiger partial charge in [-0.1, -0.05) is 0 Å². The molecule has 0 fully saturated rings. The van der Waals surface area contributed by atoms with E-state index in [1.165, 1.54) is 9.82 Å². The molecule has 4 heteroatoms. The molecule has 0 aromatic heterocycles. The van der Waals surface area contributed by atoms with Crippen molar-refractivity contribution in [3.05, 3.63) is 82.2 Å². The van der Waals surface area contributed by atoms with Gasteiger partial charge in [-0.05, 0) is 0 Å². The average Bonchev–Trinajstić information content (AvgIpc) is 3.05. The van der Waals surface area contributed by atoms with Crippen molar-refractivity contribution < 1.29 is 12.3 Å². The fraction of sp³-hybridized carbons (Fsp3) is 0.273. The molecule has 26 heavy (non-hydrogen) atoms. The van der Waals surface area contributed by atoms with E-state index in [1.807, 2.05) is 0 Å². The van der Waals surface area contributed by atoms with Gasteiger partial charge in [-0.15, -0.1) is 24.8 Å². The standard InChI is InChI=1S/2C6H5.C5H5.5CH3.2ClH.H2P.Zr/c2*1-2-4-6-5-3-1;1-2-4-5-3-1;;;;;;;;;/h2*1-5H;1-3H,4H2;5*1H3;2*1H;1H2;/q;;;;;;;;;;-1;+1. The summed E-state index contributed by atoms with van der Waals surface area (Å²) in [6, 6.07) is 22.2. The van der Waals surface area contributed by atoms with Crippen molar-refractivity contribution in [2.24, 2.45) is 0 Å². The van der Waals surface area contributed by atoms with E-state index in [-0.39, 0.29) is 24.8 Å². The first-order valence-electron chi connectivity index (χ1n) is 9.08. The van der Waals surface area contributed by atoms with Crippen molar-refractivity contribution in [3.8, 4) is 0 Å². The number of hydrogen-bond donors (Lipinski definition) is 0. The topological polar surface area (TPSA) is 0 Å². The predicted octanol–water partition coefficient (Wildman–Crippen LogP) is 7.19. The van der Waals surface area contributed by atoms with Gasteiger partial charge < -0.3 is 0 Å². The first-order valence-corrected chi connectivity index (χ1v) is 29.9. The maximum absolute atomic E-state index is 5.72. The second-order valence-corrected chi connectivity index (χ2v) is 95.8. The van der Waals surface area contributed by atoms with Crippen LogP contribution in [0.4, 0.5) is 0 Å². The van der Waals surface area contributed by atoms with Crippen molar-refractivity contribution in [1.82, 2.24) is 0 Å². The van der Waals surface area contributed by atoms with E-state index in [4.69, 9.17) is 0 Å². The van der Waals surface area contributed by atoms with E-state index in [0.717, 1.165) is 6.42 Å². The molecule has 0 radical (unpaired) electrons. The monoisotopic (exact) mass is 489 g/mol. The van der Waals surface area contributed by atoms with Crippen molar-refractivity contribution in [2.75, 3.05) is 0 Å². The molecule has 0 saturated carbocycles. The Morgan fingerprint density at radius 2 is 1.08 bits per heavy atom. The Balaban J connectivity index is 0.00000169. The fourth-order valence-electron chi connectivity index (χ4n) is 5.27. The molecule has 2 aromatic carbocycles. The third kappa shape index (κ3) is 2.47. The molecule has 0 aliphatic heterocycles. The van der Waals surface area contributed by atoms with Gasteiger partial charge in [-0.25, -0.2) is 0 Å². The van der Waals surface area contributed by atoms with Crippen LogP contribution in [-0.2, 0) is 12.3 Å². The van der Waals surface area contributed by atoms with E-state index >= 15 is 0 Å². The molecule has 0 saturated heterocycles. The summed E-state index contributed by atoms with van der Waals surface area (Å²) in [6.45, 7) is 3.53. The normalized spacial score (nSPS) is 21.8. The summed E-state index contributed by atoms with van der Waals surface area (Å²) >= 11 is -5.72. The molecule has 0 nitrogen and oxygen atoms in total. The Kier molecular flexibility index (Phi) is 3.73. The van der Waals surface area contributed by atoms with E-state index in [2.05, 4.69) is 109 Å². The zero-order valence-electron chi connectivity index (χ0n) is 16.6. The van der Waals surface area contributed by atoms with Gasteiger partial charge in [0.1, 0.15) is 0 Å². The number of halogens is 2. The zero-order chi connectivity index (χ0) is 18.0. The molecule has 3 rings (SSSR count). The molecule has 145 valence electrons. The summed E-state index contributed by atoms with van der Waals surface area (Å²) < 4.78 is 17.1. The van der Waals surface area contributed by atoms with Gasteiger partial charge in [-0.3, -0.25) is 0 Å². The number of allylic oxidation sites excluding steroid dienone is 4. The summed E-state index contributed by atoms with van der Waals surface area (Å²) in [6.07, 6.45) is 7.85. The second-order valence-electron chi connectivity index (χ2n) is 15.1. The summed E-state index contributed by atoms with van der Waals surface area (Å²) in [5.74, 6) is 0. The van der Waals surface area contributed by atoms with Crippen LogP contribution < -0.4 is 6.54 Å². The SMILES string of the molecule is Cl.Cl.[CH3][Zr]([CH3])([CH3])([CH3])([CH3])([PH2])([C]1=CC=CC1)([c]1ccccc1)[c]1ccccc1. The van der Waals surface area contributed by atoms with Gasteiger partial charge in [0, 0.05) is 0 Å². The van der Waals surface area contributed by atoms with Gasteiger partial charge in [0.2, 0.25) is 0 Å². The van der Waals surface area contributed by atoms with Crippen molar-refractivity contribution in [1.29, 1.82) is 0 Å². The van der Waals surface area contributed by atoms with Crippen LogP contribution in [0, 0.1) is 0 Å². The van der Waals surface area contributed by atoms with E-state index in [1.54, 1.807) is 0 Å². The maximum atomic E-state index is 3.53. The van der Waals surface area contributed by atoms with Crippen molar-refractivity contribution in [3.63, 3.8) is 0 Å². The second kappa shape index (κ2) is 4.07. The Labute approximate surface area is 160 Å². The number of rotatable bonds is 3. The predicted molar refractivity (Wildman–Crippen MR) is 128 cm³/mol. The summed E-state index contributed by atoms with van der Waals surface area (Å²) in [5, 5.41) is 0. The first-order chi connectivity index (χ1) is 10.5. The number of benzene rings is 2. The van der Waals surface area contributed by atoms with Gasteiger partial charge in [0.15, 0.2) is 0 Å². The minimum absolute atomic E-state index is 0. The van der Waals surface area contributed by atoms with E-state index in [9.17, 15) is 0 Å². The number of hydrogen-bond acceptors (Lipinski definition) is 0. The summed E-state index contributed by atoms with van der Waals surface area (Å²) in [4.78, 5) is 0. The molecule has 1 aliphatic carbocycles. The zero-order valence-corrected chi connectivity index (χ0v) is 21.9. The van der Waals surface area contributed by atoms with Crippen LogP contribution in [0.2, 0.25) is 23.2 Å². The van der Waals surface area contributed by atoms with Crippen molar-refractivity contribution >= 4 is 37.9 Å². The Bertz CT molecular complexity index is 927. The van der Waals surface area contributed by atoms with Gasteiger partial charge in [0.05, 0.1) is 0 Å². The third-order valence-corrected chi connectivity index (χ3v) is 46.0. The van der Waals surface area contributed by atoms with E-state index < -0.39 is 12.3 Å². The molecule has 2 aromatic rings. The Morgan fingerprint density at radius 1 is 0.692 bits per heavy atom. The molecule has 0 spiro atoms. The van der Waals surface area contributed by atoms with Crippen LogP contribution in [0.25, 0.3) is 0 Å². The summed E-state index contributed by atoms with van der Waals surface area (Å²) in [7, 11) is 0. The minimum atomic E-state index is -5.72. The van der Waals surface area contributed by atoms with Crippen LogP contribution >= 0.6 is 31.3 Å². The van der Waals surface area contributed by atoms with Crippen LogP contribution in [0.1, 0.15) is 6.42 Å². The molecule has 1 atom stereocenters. The van der Waals surface area contributed by atoms with Crippen LogP contribution in [0.3, 0.4) is 0 Å². The van der Waals surface area contributed by atoms with Gasteiger partial charge in [0.25, 0.3) is 0 Å². The van der Waals surface area contributed by atoms with Gasteiger partial charge in [-0.2, -0.15) is 0 Å². The van der Waals surface area contributed by atoms with Crippen LogP contribution in [0.15, 0.2) is 82.2 Å². The molecule has 0 heterocycles. The molecule has 0 amide bonds. The average molecular weight is 492 g/mol. The molecular formula is C22H34Cl2PZr. The van der Waals surface area contributed by atoms with E-state index in [0.29, 0.717) is 0 Å². The molecule has 0 N–H and O–H groups in total.